The molecule has 0 aliphatic rings. The lowest BCUT2D eigenvalue weighted by molar-refractivity contribution is -0.123. The minimum atomic E-state index is -0.834. The zero-order valence-corrected chi connectivity index (χ0v) is 30.8. The fourth-order valence-electron chi connectivity index (χ4n) is 6.30. The largest absolute Gasteiger partial charge is 0.394 e. The summed E-state index contributed by atoms with van der Waals surface area (Å²) in [4.78, 5) is 12.3. The van der Waals surface area contributed by atoms with E-state index in [0.29, 0.717) is 6.42 Å². The van der Waals surface area contributed by atoms with Gasteiger partial charge in [-0.25, -0.2) is 0 Å². The van der Waals surface area contributed by atoms with Crippen LogP contribution in [0.5, 0.6) is 0 Å². The van der Waals surface area contributed by atoms with Gasteiger partial charge in [0.15, 0.2) is 0 Å². The molecule has 2 atom stereocenters. The van der Waals surface area contributed by atoms with Gasteiger partial charge in [0.25, 0.3) is 0 Å². The molecule has 1 amide bonds. The molecule has 3 N–H and O–H groups in total. The highest BCUT2D eigenvalue weighted by molar-refractivity contribution is 5.76. The van der Waals surface area contributed by atoms with Crippen molar-refractivity contribution in [1.29, 1.82) is 0 Å². The molecule has 0 aromatic carbocycles. The lowest BCUT2D eigenvalue weighted by atomic mass is 10.0. The van der Waals surface area contributed by atoms with E-state index in [4.69, 9.17) is 0 Å². The van der Waals surface area contributed by atoms with Crippen LogP contribution in [0.4, 0.5) is 0 Å². The first kappa shape index (κ1) is 44.1. The first-order valence-corrected chi connectivity index (χ1v) is 20.3. The Hall–Kier alpha value is -0.870. The van der Waals surface area contributed by atoms with Crippen LogP contribution in [0.15, 0.2) is 12.2 Å². The fraction of sp³-hybridized carbons (Fsp3) is 0.927. The van der Waals surface area contributed by atoms with E-state index in [0.717, 1.165) is 31.6 Å². The third kappa shape index (κ3) is 34.3. The average molecular weight is 636 g/mol. The summed E-state index contributed by atoms with van der Waals surface area (Å²) in [6, 6.07) is -0.616. The number of hydrogen-bond acceptors (Lipinski definition) is 3. The Kier molecular flexibility index (Phi) is 35.3. The van der Waals surface area contributed by atoms with Crippen molar-refractivity contribution in [2.24, 2.45) is 5.92 Å². The van der Waals surface area contributed by atoms with Gasteiger partial charge in [0.1, 0.15) is 0 Å². The standard InChI is InChI=1S/C41H81NO3/c1-4-5-6-7-8-9-10-11-12-13-14-15-16-17-18-19-20-24-27-30-33-36-41(45)42-39(37-43)40(44)35-32-29-26-23-21-22-25-28-31-34-38(2)3/h32,35,38-40,43-44H,4-31,33-34,36-37H2,1-3H3,(H,42,45)/b35-32+/t39-,40+/m0/s1. The average Bonchev–Trinajstić information content (AvgIpc) is 3.02. The summed E-state index contributed by atoms with van der Waals surface area (Å²) in [6.45, 7) is 6.64. The zero-order valence-electron chi connectivity index (χ0n) is 30.8. The second-order valence-corrected chi connectivity index (χ2v) is 14.5. The van der Waals surface area contributed by atoms with Crippen molar-refractivity contribution in [1.82, 2.24) is 5.32 Å². The van der Waals surface area contributed by atoms with Gasteiger partial charge in [-0.3, -0.25) is 4.79 Å². The van der Waals surface area contributed by atoms with E-state index in [1.54, 1.807) is 6.08 Å². The first-order chi connectivity index (χ1) is 22.0. The maximum atomic E-state index is 12.3. The quantitative estimate of drug-likeness (QED) is 0.0474. The van der Waals surface area contributed by atoms with Gasteiger partial charge in [-0.15, -0.1) is 0 Å². The lowest BCUT2D eigenvalue weighted by Crippen LogP contribution is -2.45. The Labute approximate surface area is 282 Å². The van der Waals surface area contributed by atoms with E-state index in [1.807, 2.05) is 6.08 Å². The predicted octanol–water partition coefficient (Wildman–Crippen LogP) is 12.1. The van der Waals surface area contributed by atoms with Crippen LogP contribution in [-0.4, -0.2) is 34.9 Å². The molecule has 0 bridgehead atoms. The highest BCUT2D eigenvalue weighted by atomic mass is 16.3. The molecule has 0 aliphatic heterocycles. The second kappa shape index (κ2) is 36.0. The molecule has 0 unspecified atom stereocenters. The van der Waals surface area contributed by atoms with Crippen molar-refractivity contribution in [3.63, 3.8) is 0 Å². The van der Waals surface area contributed by atoms with Gasteiger partial charge in [0, 0.05) is 6.42 Å². The molecule has 0 aliphatic carbocycles. The molecule has 0 aromatic rings. The first-order valence-electron chi connectivity index (χ1n) is 20.3. The lowest BCUT2D eigenvalue weighted by Gasteiger charge is -2.20. The van der Waals surface area contributed by atoms with Crippen molar-refractivity contribution in [3.8, 4) is 0 Å². The number of amides is 1. The second-order valence-electron chi connectivity index (χ2n) is 14.5. The minimum absolute atomic E-state index is 0.0623. The number of nitrogens with one attached hydrogen (secondary N) is 1. The molecule has 0 saturated heterocycles. The van der Waals surface area contributed by atoms with Crippen molar-refractivity contribution in [3.05, 3.63) is 12.2 Å². The maximum Gasteiger partial charge on any atom is 0.220 e. The number of unbranched alkanes of at least 4 members (excludes halogenated alkanes) is 27. The van der Waals surface area contributed by atoms with Crippen LogP contribution in [0, 0.1) is 5.92 Å². The molecule has 0 spiro atoms. The molecule has 0 radical (unpaired) electrons. The summed E-state index contributed by atoms with van der Waals surface area (Å²) >= 11 is 0. The molecule has 268 valence electrons. The van der Waals surface area contributed by atoms with E-state index in [1.165, 1.54) is 167 Å². The zero-order chi connectivity index (χ0) is 33.1. The Balaban J connectivity index is 3.52. The predicted molar refractivity (Wildman–Crippen MR) is 198 cm³/mol. The maximum absolute atomic E-state index is 12.3. The van der Waals surface area contributed by atoms with E-state index in [9.17, 15) is 15.0 Å². The normalized spacial score (nSPS) is 13.2. The van der Waals surface area contributed by atoms with Gasteiger partial charge in [0.05, 0.1) is 18.8 Å². The van der Waals surface area contributed by atoms with Crippen molar-refractivity contribution in [2.45, 2.75) is 232 Å². The number of rotatable bonds is 36. The van der Waals surface area contributed by atoms with Crippen LogP contribution in [0.25, 0.3) is 0 Å². The van der Waals surface area contributed by atoms with Gasteiger partial charge in [-0.05, 0) is 25.2 Å². The van der Waals surface area contributed by atoms with Crippen LogP contribution >= 0.6 is 0 Å². The van der Waals surface area contributed by atoms with Crippen molar-refractivity contribution >= 4 is 5.91 Å². The summed E-state index contributed by atoms with van der Waals surface area (Å²) in [6.07, 6.45) is 43.1. The minimum Gasteiger partial charge on any atom is -0.394 e. The molecule has 0 heterocycles. The molecule has 45 heavy (non-hydrogen) atoms. The number of allylic oxidation sites excluding steroid dienone is 1. The molecular formula is C41H81NO3. The van der Waals surface area contributed by atoms with E-state index in [2.05, 4.69) is 26.1 Å². The van der Waals surface area contributed by atoms with E-state index >= 15 is 0 Å². The summed E-state index contributed by atoms with van der Waals surface area (Å²) in [5.41, 5.74) is 0. The summed E-state index contributed by atoms with van der Waals surface area (Å²) < 4.78 is 0. The van der Waals surface area contributed by atoms with Crippen LogP contribution in [0.2, 0.25) is 0 Å². The smallest absolute Gasteiger partial charge is 0.220 e. The van der Waals surface area contributed by atoms with Gasteiger partial charge in [-0.1, -0.05) is 206 Å². The third-order valence-corrected chi connectivity index (χ3v) is 9.45. The number of aliphatic hydroxyl groups excluding tert-OH is 2. The van der Waals surface area contributed by atoms with E-state index in [-0.39, 0.29) is 12.5 Å². The van der Waals surface area contributed by atoms with Gasteiger partial charge in [-0.2, -0.15) is 0 Å². The molecule has 0 aromatic heterocycles. The molecule has 0 rings (SSSR count). The Morgan fingerprint density at radius 1 is 0.578 bits per heavy atom. The number of hydrogen-bond donors (Lipinski definition) is 3. The van der Waals surface area contributed by atoms with Crippen LogP contribution in [0.3, 0.4) is 0 Å². The summed E-state index contributed by atoms with van der Waals surface area (Å²) in [7, 11) is 0. The fourth-order valence-corrected chi connectivity index (χ4v) is 6.30. The Morgan fingerprint density at radius 3 is 1.36 bits per heavy atom. The van der Waals surface area contributed by atoms with Crippen molar-refractivity contribution in [2.75, 3.05) is 6.61 Å². The van der Waals surface area contributed by atoms with Crippen LogP contribution in [0.1, 0.15) is 220 Å². The molecular weight excluding hydrogens is 554 g/mol. The Morgan fingerprint density at radius 2 is 0.956 bits per heavy atom. The van der Waals surface area contributed by atoms with Crippen LogP contribution in [-0.2, 0) is 4.79 Å². The topological polar surface area (TPSA) is 69.6 Å². The summed E-state index contributed by atoms with van der Waals surface area (Å²) in [5.74, 6) is 0.761. The SMILES string of the molecule is CCCCCCCCCCCCCCCCCCCCCCCC(=O)N[C@@H](CO)[C@H](O)/C=C/CCCCCCCCCC(C)C. The van der Waals surface area contributed by atoms with Gasteiger partial charge < -0.3 is 15.5 Å². The third-order valence-electron chi connectivity index (χ3n) is 9.45. The summed E-state index contributed by atoms with van der Waals surface area (Å²) in [5, 5.41) is 22.9. The number of aliphatic hydroxyl groups is 2. The number of carbonyl (C=O) groups is 1. The molecule has 0 fully saturated rings. The molecule has 4 heteroatoms. The van der Waals surface area contributed by atoms with Gasteiger partial charge in [0.2, 0.25) is 5.91 Å². The van der Waals surface area contributed by atoms with E-state index < -0.39 is 12.1 Å². The van der Waals surface area contributed by atoms with Crippen LogP contribution < -0.4 is 5.32 Å². The monoisotopic (exact) mass is 636 g/mol. The molecule has 0 saturated carbocycles. The molecule has 4 nitrogen and oxygen atoms in total. The number of carbonyl (C=O) groups excluding carboxylic acids is 1. The van der Waals surface area contributed by atoms with Crippen molar-refractivity contribution < 1.29 is 15.0 Å². The highest BCUT2D eigenvalue weighted by Gasteiger charge is 2.17. The highest BCUT2D eigenvalue weighted by Crippen LogP contribution is 2.16. The van der Waals surface area contributed by atoms with Gasteiger partial charge >= 0.3 is 0 Å². The Bertz CT molecular complexity index is 620.